The van der Waals surface area contributed by atoms with Crippen LogP contribution in [0.15, 0.2) is 77.2 Å². The first-order chi connectivity index (χ1) is 16.6. The van der Waals surface area contributed by atoms with E-state index < -0.39 is 0 Å². The van der Waals surface area contributed by atoms with Crippen LogP contribution in [-0.4, -0.2) is 48.3 Å². The average molecular weight is 456 g/mol. The van der Waals surface area contributed by atoms with Gasteiger partial charge in [0.05, 0.1) is 18.5 Å². The summed E-state index contributed by atoms with van der Waals surface area (Å²) in [5, 5.41) is 9.79. The van der Waals surface area contributed by atoms with Crippen molar-refractivity contribution in [1.82, 2.24) is 9.80 Å². The Morgan fingerprint density at radius 2 is 1.59 bits per heavy atom. The molecule has 1 aromatic heterocycles. The molecule has 34 heavy (non-hydrogen) atoms. The summed E-state index contributed by atoms with van der Waals surface area (Å²) in [4.78, 5) is 17.0. The van der Waals surface area contributed by atoms with Crippen molar-refractivity contribution < 1.29 is 9.21 Å². The van der Waals surface area contributed by atoms with E-state index in [1.165, 1.54) is 0 Å². The Bertz CT molecular complexity index is 1080. The van der Waals surface area contributed by atoms with Crippen LogP contribution in [0.1, 0.15) is 24.7 Å². The van der Waals surface area contributed by atoms with Crippen molar-refractivity contribution in [3.63, 3.8) is 0 Å². The number of furan rings is 1. The van der Waals surface area contributed by atoms with Crippen molar-refractivity contribution in [2.45, 2.75) is 26.3 Å². The molecule has 1 aliphatic heterocycles. The first-order valence-electron chi connectivity index (χ1n) is 12.1. The fraction of sp³-hybridized carbons (Fsp3) is 0.379. The molecular weight excluding hydrogens is 422 g/mol. The highest BCUT2D eigenvalue weighted by Gasteiger charge is 2.25. The number of nitrogens with zero attached hydrogens (tertiary/aromatic N) is 3. The molecule has 0 bridgehead atoms. The number of benzene rings is 2. The number of piperazine rings is 1. The predicted octanol–water partition coefficient (Wildman–Crippen LogP) is 5.04. The maximum absolute atomic E-state index is 12.3. The van der Waals surface area contributed by atoms with Gasteiger partial charge in [0.1, 0.15) is 17.3 Å². The van der Waals surface area contributed by atoms with Crippen molar-refractivity contribution in [3.05, 3.63) is 84.1 Å². The molecule has 0 radical (unpaired) electrons. The lowest BCUT2D eigenvalue weighted by molar-refractivity contribution is -0.121. The highest BCUT2D eigenvalue weighted by atomic mass is 16.3. The van der Waals surface area contributed by atoms with Crippen LogP contribution in [0, 0.1) is 23.2 Å². The molecule has 2 aromatic carbocycles. The SMILES string of the molecule is CC(=O)C(Cc1ccccc1)CC(C#N)CN1CCN(Cc2ccc(-c3ccccc3)o2)CC1. The minimum Gasteiger partial charge on any atom is -0.460 e. The highest BCUT2D eigenvalue weighted by Crippen LogP contribution is 2.23. The van der Waals surface area contributed by atoms with Gasteiger partial charge in [-0.2, -0.15) is 5.26 Å². The Morgan fingerprint density at radius 1 is 0.941 bits per heavy atom. The minimum atomic E-state index is -0.136. The molecule has 1 aliphatic rings. The standard InChI is InChI=1S/C29H33N3O2/c1-23(33)27(18-24-8-4-2-5-9-24)19-25(20-30)21-31-14-16-32(17-15-31)22-28-12-13-29(34-28)26-10-6-3-7-11-26/h2-13,25,27H,14-19,21-22H2,1H3. The Hall–Kier alpha value is -3.20. The summed E-state index contributed by atoms with van der Waals surface area (Å²) in [5.74, 6) is 1.81. The molecule has 2 heterocycles. The fourth-order valence-electron chi connectivity index (χ4n) is 4.69. The zero-order chi connectivity index (χ0) is 23.8. The Balaban J connectivity index is 1.25. The highest BCUT2D eigenvalue weighted by molar-refractivity contribution is 5.78. The monoisotopic (exact) mass is 455 g/mol. The molecule has 2 unspecified atom stereocenters. The third-order valence-corrected chi connectivity index (χ3v) is 6.69. The van der Waals surface area contributed by atoms with E-state index in [0.717, 1.165) is 61.9 Å². The number of Topliss-reactive ketones (excluding diaryl/α,β-unsaturated/α-hetero) is 1. The maximum Gasteiger partial charge on any atom is 0.134 e. The Kier molecular flexibility index (Phi) is 8.30. The van der Waals surface area contributed by atoms with Crippen LogP contribution in [0.4, 0.5) is 0 Å². The zero-order valence-corrected chi connectivity index (χ0v) is 19.9. The van der Waals surface area contributed by atoms with E-state index >= 15 is 0 Å². The molecule has 0 spiro atoms. The van der Waals surface area contributed by atoms with Gasteiger partial charge >= 0.3 is 0 Å². The second kappa shape index (κ2) is 11.8. The molecule has 2 atom stereocenters. The molecule has 1 fully saturated rings. The number of rotatable bonds is 10. The van der Waals surface area contributed by atoms with Gasteiger partial charge in [0.2, 0.25) is 0 Å². The third kappa shape index (κ3) is 6.66. The topological polar surface area (TPSA) is 60.5 Å². The Labute approximate surface area is 202 Å². The quantitative estimate of drug-likeness (QED) is 0.429. The summed E-state index contributed by atoms with van der Waals surface area (Å²) in [6.45, 7) is 6.91. The summed E-state index contributed by atoms with van der Waals surface area (Å²) >= 11 is 0. The van der Waals surface area contributed by atoms with Crippen molar-refractivity contribution in [3.8, 4) is 17.4 Å². The molecule has 0 N–H and O–H groups in total. The van der Waals surface area contributed by atoms with Gasteiger partial charge in [-0.3, -0.25) is 14.6 Å². The van der Waals surface area contributed by atoms with E-state index in [1.54, 1.807) is 6.92 Å². The van der Waals surface area contributed by atoms with E-state index in [1.807, 2.05) is 42.5 Å². The minimum absolute atomic E-state index is 0.105. The van der Waals surface area contributed by atoms with Crippen LogP contribution in [0.25, 0.3) is 11.3 Å². The molecule has 4 rings (SSSR count). The first-order valence-corrected chi connectivity index (χ1v) is 12.1. The van der Waals surface area contributed by atoms with Crippen molar-refractivity contribution in [2.24, 2.45) is 11.8 Å². The number of ketones is 1. The van der Waals surface area contributed by atoms with E-state index in [-0.39, 0.29) is 17.6 Å². The van der Waals surface area contributed by atoms with Crippen LogP contribution in [0.2, 0.25) is 0 Å². The van der Waals surface area contributed by atoms with Crippen LogP contribution in [-0.2, 0) is 17.8 Å². The molecule has 1 saturated heterocycles. The van der Waals surface area contributed by atoms with Gasteiger partial charge in [-0.25, -0.2) is 0 Å². The molecule has 3 aromatic rings. The van der Waals surface area contributed by atoms with Gasteiger partial charge in [0, 0.05) is 44.2 Å². The average Bonchev–Trinajstić information content (AvgIpc) is 3.34. The maximum atomic E-state index is 12.3. The lowest BCUT2D eigenvalue weighted by Gasteiger charge is -2.35. The summed E-state index contributed by atoms with van der Waals surface area (Å²) < 4.78 is 6.07. The van der Waals surface area contributed by atoms with Gasteiger partial charge in [-0.05, 0) is 37.5 Å². The van der Waals surface area contributed by atoms with E-state index in [4.69, 9.17) is 4.42 Å². The Morgan fingerprint density at radius 3 is 2.24 bits per heavy atom. The van der Waals surface area contributed by atoms with Crippen molar-refractivity contribution in [2.75, 3.05) is 32.7 Å². The molecule has 176 valence electrons. The second-order valence-corrected chi connectivity index (χ2v) is 9.27. The molecule has 0 amide bonds. The van der Waals surface area contributed by atoms with Gasteiger partial charge in [-0.15, -0.1) is 0 Å². The smallest absolute Gasteiger partial charge is 0.134 e. The third-order valence-electron chi connectivity index (χ3n) is 6.69. The molecular formula is C29H33N3O2. The predicted molar refractivity (Wildman–Crippen MR) is 134 cm³/mol. The normalized spacial score (nSPS) is 16.6. The summed E-state index contributed by atoms with van der Waals surface area (Å²) in [6, 6.07) is 26.8. The van der Waals surface area contributed by atoms with E-state index in [0.29, 0.717) is 12.8 Å². The van der Waals surface area contributed by atoms with E-state index in [2.05, 4.69) is 46.2 Å². The number of nitriles is 1. The summed E-state index contributed by atoms with van der Waals surface area (Å²) in [5.41, 5.74) is 2.25. The molecule has 5 nitrogen and oxygen atoms in total. The summed E-state index contributed by atoms with van der Waals surface area (Å²) in [6.07, 6.45) is 1.33. The lowest BCUT2D eigenvalue weighted by Crippen LogP contribution is -2.47. The molecule has 5 heteroatoms. The van der Waals surface area contributed by atoms with Crippen molar-refractivity contribution >= 4 is 5.78 Å². The lowest BCUT2D eigenvalue weighted by atomic mass is 9.87. The second-order valence-electron chi connectivity index (χ2n) is 9.27. The molecule has 0 aliphatic carbocycles. The van der Waals surface area contributed by atoms with Gasteiger partial charge in [0.25, 0.3) is 0 Å². The number of hydrogen-bond acceptors (Lipinski definition) is 5. The largest absolute Gasteiger partial charge is 0.460 e. The number of hydrogen-bond donors (Lipinski definition) is 0. The number of carbonyl (C=O) groups excluding carboxylic acids is 1. The van der Waals surface area contributed by atoms with E-state index in [9.17, 15) is 10.1 Å². The van der Waals surface area contributed by atoms with Crippen LogP contribution in [0.3, 0.4) is 0 Å². The van der Waals surface area contributed by atoms with Crippen LogP contribution >= 0.6 is 0 Å². The zero-order valence-electron chi connectivity index (χ0n) is 19.9. The first kappa shape index (κ1) is 23.9. The fourth-order valence-corrected chi connectivity index (χ4v) is 4.69. The molecule has 0 saturated carbocycles. The summed E-state index contributed by atoms with van der Waals surface area (Å²) in [7, 11) is 0. The van der Waals surface area contributed by atoms with Gasteiger partial charge in [0.15, 0.2) is 0 Å². The van der Waals surface area contributed by atoms with Crippen LogP contribution in [0.5, 0.6) is 0 Å². The van der Waals surface area contributed by atoms with Crippen molar-refractivity contribution in [1.29, 1.82) is 5.26 Å². The van der Waals surface area contributed by atoms with Crippen LogP contribution < -0.4 is 0 Å². The van der Waals surface area contributed by atoms with Gasteiger partial charge in [-0.1, -0.05) is 60.7 Å². The number of carbonyl (C=O) groups is 1. The van der Waals surface area contributed by atoms with Gasteiger partial charge < -0.3 is 4.42 Å².